The fourth-order valence-electron chi connectivity index (χ4n) is 3.46. The van der Waals surface area contributed by atoms with Crippen molar-refractivity contribution in [3.05, 3.63) is 72.7 Å². The summed E-state index contributed by atoms with van der Waals surface area (Å²) in [5.74, 6) is 2.81. The van der Waals surface area contributed by atoms with Crippen LogP contribution in [-0.2, 0) is 18.7 Å². The first-order valence-electron chi connectivity index (χ1n) is 9.96. The van der Waals surface area contributed by atoms with Gasteiger partial charge in [-0.1, -0.05) is 25.1 Å². The number of nitrogens with zero attached hydrogens (tertiary/aromatic N) is 1. The van der Waals surface area contributed by atoms with E-state index in [0.29, 0.717) is 25.1 Å². The SMILES string of the molecule is C=CCC(O)(CC=C)c1ccc(CN(CCC)Cc2ccc(OC)c(OC)c2)o1. The maximum Gasteiger partial charge on any atom is 0.161 e. The number of aliphatic hydroxyl groups is 1. The largest absolute Gasteiger partial charge is 0.493 e. The summed E-state index contributed by atoms with van der Waals surface area (Å²) in [5.41, 5.74) is 0.0402. The zero-order valence-corrected chi connectivity index (χ0v) is 17.8. The first kappa shape index (κ1) is 22.8. The lowest BCUT2D eigenvalue weighted by atomic mass is 9.93. The van der Waals surface area contributed by atoms with Crippen molar-refractivity contribution in [2.45, 2.75) is 44.9 Å². The summed E-state index contributed by atoms with van der Waals surface area (Å²) in [6.45, 7) is 12.0. The Balaban J connectivity index is 2.16. The van der Waals surface area contributed by atoms with Gasteiger partial charge in [-0.2, -0.15) is 0 Å². The number of benzene rings is 1. The van der Waals surface area contributed by atoms with Crippen LogP contribution in [0.4, 0.5) is 0 Å². The highest BCUT2D eigenvalue weighted by molar-refractivity contribution is 5.42. The maximum atomic E-state index is 10.9. The monoisotopic (exact) mass is 399 g/mol. The third kappa shape index (κ3) is 5.99. The summed E-state index contributed by atoms with van der Waals surface area (Å²) in [5, 5.41) is 10.9. The molecule has 2 rings (SSSR count). The molecule has 0 aliphatic rings. The van der Waals surface area contributed by atoms with Gasteiger partial charge in [-0.3, -0.25) is 4.90 Å². The Labute approximate surface area is 174 Å². The third-order valence-electron chi connectivity index (χ3n) is 4.86. The Bertz CT molecular complexity index is 786. The number of hydrogen-bond acceptors (Lipinski definition) is 5. The average molecular weight is 400 g/mol. The van der Waals surface area contributed by atoms with Gasteiger partial charge in [0.05, 0.1) is 20.8 Å². The Morgan fingerprint density at radius 1 is 1.03 bits per heavy atom. The Hall–Kier alpha value is -2.50. The van der Waals surface area contributed by atoms with Crippen molar-refractivity contribution in [3.8, 4) is 11.5 Å². The molecule has 2 aromatic rings. The summed E-state index contributed by atoms with van der Waals surface area (Å²) in [7, 11) is 3.28. The molecule has 1 aromatic heterocycles. The van der Waals surface area contributed by atoms with E-state index in [4.69, 9.17) is 13.9 Å². The highest BCUT2D eigenvalue weighted by Crippen LogP contribution is 2.32. The van der Waals surface area contributed by atoms with E-state index in [0.717, 1.165) is 42.3 Å². The zero-order chi connectivity index (χ0) is 21.3. The molecule has 0 fully saturated rings. The van der Waals surface area contributed by atoms with Crippen molar-refractivity contribution in [1.29, 1.82) is 0 Å². The van der Waals surface area contributed by atoms with Crippen molar-refractivity contribution in [1.82, 2.24) is 4.90 Å². The molecule has 29 heavy (non-hydrogen) atoms. The lowest BCUT2D eigenvalue weighted by molar-refractivity contribution is 0.0186. The van der Waals surface area contributed by atoms with Crippen LogP contribution in [0.3, 0.4) is 0 Å². The van der Waals surface area contributed by atoms with E-state index in [1.807, 2.05) is 30.3 Å². The standard InChI is InChI=1S/C24H33NO4/c1-6-13-24(26,14-7-2)23-12-10-20(29-23)18-25(15-8-3)17-19-9-11-21(27-4)22(16-19)28-5/h6-7,9-12,16,26H,1-2,8,13-15,17-18H2,3-5H3. The van der Waals surface area contributed by atoms with Gasteiger partial charge in [0.25, 0.3) is 0 Å². The summed E-state index contributed by atoms with van der Waals surface area (Å²) in [6.07, 6.45) is 5.25. The normalized spacial score (nSPS) is 11.5. The molecule has 0 unspecified atom stereocenters. The predicted octanol–water partition coefficient (Wildman–Crippen LogP) is 5.05. The first-order valence-corrected chi connectivity index (χ1v) is 9.96. The molecule has 0 amide bonds. The zero-order valence-electron chi connectivity index (χ0n) is 17.8. The van der Waals surface area contributed by atoms with Crippen molar-refractivity contribution in [2.75, 3.05) is 20.8 Å². The van der Waals surface area contributed by atoms with E-state index in [-0.39, 0.29) is 0 Å². The van der Waals surface area contributed by atoms with Gasteiger partial charge in [-0.05, 0) is 42.8 Å². The molecule has 0 spiro atoms. The molecule has 0 aliphatic heterocycles. The van der Waals surface area contributed by atoms with Crippen LogP contribution in [-0.4, -0.2) is 30.8 Å². The van der Waals surface area contributed by atoms with E-state index in [2.05, 4.69) is 25.0 Å². The van der Waals surface area contributed by atoms with Crippen LogP contribution < -0.4 is 9.47 Å². The van der Waals surface area contributed by atoms with Gasteiger partial charge in [-0.15, -0.1) is 13.2 Å². The minimum absolute atomic E-state index is 0.413. The Morgan fingerprint density at radius 2 is 1.72 bits per heavy atom. The van der Waals surface area contributed by atoms with Gasteiger partial charge in [0.1, 0.15) is 17.1 Å². The molecule has 0 saturated carbocycles. The van der Waals surface area contributed by atoms with Gasteiger partial charge < -0.3 is 19.0 Å². The van der Waals surface area contributed by atoms with Crippen LogP contribution in [0.2, 0.25) is 0 Å². The highest BCUT2D eigenvalue weighted by Gasteiger charge is 2.30. The lowest BCUT2D eigenvalue weighted by Gasteiger charge is -2.24. The van der Waals surface area contributed by atoms with Crippen LogP contribution in [0.25, 0.3) is 0 Å². The number of rotatable bonds is 13. The van der Waals surface area contributed by atoms with Gasteiger partial charge in [-0.25, -0.2) is 0 Å². The van der Waals surface area contributed by atoms with E-state index in [9.17, 15) is 5.11 Å². The number of hydrogen-bond donors (Lipinski definition) is 1. The molecule has 158 valence electrons. The minimum Gasteiger partial charge on any atom is -0.493 e. The second-order valence-corrected chi connectivity index (χ2v) is 7.18. The number of ether oxygens (including phenoxy) is 2. The summed E-state index contributed by atoms with van der Waals surface area (Å²) >= 11 is 0. The number of furan rings is 1. The van der Waals surface area contributed by atoms with Crippen LogP contribution in [0, 0.1) is 0 Å². The van der Waals surface area contributed by atoms with Gasteiger partial charge in [0, 0.05) is 19.4 Å². The quantitative estimate of drug-likeness (QED) is 0.478. The first-order chi connectivity index (χ1) is 14.0. The number of methoxy groups -OCH3 is 2. The highest BCUT2D eigenvalue weighted by atomic mass is 16.5. The van der Waals surface area contributed by atoms with E-state index in [1.165, 1.54) is 0 Å². The summed E-state index contributed by atoms with van der Waals surface area (Å²) < 4.78 is 16.8. The minimum atomic E-state index is -1.10. The second kappa shape index (κ2) is 10.9. The lowest BCUT2D eigenvalue weighted by Crippen LogP contribution is -2.24. The van der Waals surface area contributed by atoms with Crippen molar-refractivity contribution >= 4 is 0 Å². The molecule has 1 heterocycles. The molecule has 1 N–H and O–H groups in total. The van der Waals surface area contributed by atoms with Crippen molar-refractivity contribution in [3.63, 3.8) is 0 Å². The third-order valence-corrected chi connectivity index (χ3v) is 4.86. The topological polar surface area (TPSA) is 55.1 Å². The van der Waals surface area contributed by atoms with Crippen LogP contribution in [0.1, 0.15) is 43.3 Å². The molecular weight excluding hydrogens is 366 g/mol. The van der Waals surface area contributed by atoms with E-state index in [1.54, 1.807) is 26.4 Å². The van der Waals surface area contributed by atoms with Crippen LogP contribution >= 0.6 is 0 Å². The van der Waals surface area contributed by atoms with Crippen LogP contribution in [0.5, 0.6) is 11.5 Å². The molecule has 0 bridgehead atoms. The van der Waals surface area contributed by atoms with Crippen LogP contribution in [0.15, 0.2) is 60.1 Å². The molecule has 1 aromatic carbocycles. The second-order valence-electron chi connectivity index (χ2n) is 7.18. The van der Waals surface area contributed by atoms with Gasteiger partial charge in [0.15, 0.2) is 11.5 Å². The molecule has 0 aliphatic carbocycles. The van der Waals surface area contributed by atoms with Gasteiger partial charge in [0.2, 0.25) is 0 Å². The summed E-state index contributed by atoms with van der Waals surface area (Å²) in [6, 6.07) is 9.76. The Kier molecular flexibility index (Phi) is 8.55. The smallest absolute Gasteiger partial charge is 0.161 e. The van der Waals surface area contributed by atoms with Crippen molar-refractivity contribution in [2.24, 2.45) is 0 Å². The predicted molar refractivity (Wildman–Crippen MR) is 116 cm³/mol. The maximum absolute atomic E-state index is 10.9. The molecule has 0 radical (unpaired) electrons. The fraction of sp³-hybridized carbons (Fsp3) is 0.417. The average Bonchev–Trinajstić information content (AvgIpc) is 3.17. The van der Waals surface area contributed by atoms with Crippen molar-refractivity contribution < 1.29 is 19.0 Å². The Morgan fingerprint density at radius 3 is 2.31 bits per heavy atom. The molecule has 0 saturated heterocycles. The van der Waals surface area contributed by atoms with E-state index < -0.39 is 5.60 Å². The fourth-order valence-corrected chi connectivity index (χ4v) is 3.46. The molecular formula is C24H33NO4. The van der Waals surface area contributed by atoms with E-state index >= 15 is 0 Å². The summed E-state index contributed by atoms with van der Waals surface area (Å²) in [4.78, 5) is 2.31. The van der Waals surface area contributed by atoms with Gasteiger partial charge >= 0.3 is 0 Å². The molecule has 0 atom stereocenters. The molecule has 5 heteroatoms. The molecule has 5 nitrogen and oxygen atoms in total.